The quantitative estimate of drug-likeness (QED) is 0.786. The Labute approximate surface area is 91.9 Å². The Morgan fingerprint density at radius 2 is 1.87 bits per heavy atom. The zero-order valence-electron chi connectivity index (χ0n) is 8.23. The van der Waals surface area contributed by atoms with Crippen molar-refractivity contribution in [1.29, 1.82) is 0 Å². The lowest BCUT2D eigenvalue weighted by atomic mass is 10.0. The van der Waals surface area contributed by atoms with Crippen LogP contribution in [-0.4, -0.2) is 17.3 Å². The van der Waals surface area contributed by atoms with E-state index < -0.39 is 5.97 Å². The Balaban J connectivity index is 2.87. The van der Waals surface area contributed by atoms with E-state index in [0.29, 0.717) is 5.56 Å². The maximum Gasteiger partial charge on any atom is 0.336 e. The van der Waals surface area contributed by atoms with Gasteiger partial charge in [-0.15, -0.1) is 11.8 Å². The summed E-state index contributed by atoms with van der Waals surface area (Å²) in [7, 11) is 0. The number of carboxylic acids is 1. The number of benzene rings is 2. The van der Waals surface area contributed by atoms with E-state index in [1.807, 2.05) is 30.5 Å². The first-order valence-electron chi connectivity index (χ1n) is 4.53. The molecule has 0 aromatic heterocycles. The normalized spacial score (nSPS) is 10.5. The van der Waals surface area contributed by atoms with Crippen LogP contribution in [0.1, 0.15) is 10.4 Å². The molecule has 76 valence electrons. The van der Waals surface area contributed by atoms with E-state index in [4.69, 9.17) is 5.11 Å². The molecule has 0 saturated heterocycles. The van der Waals surface area contributed by atoms with Crippen LogP contribution in [0.3, 0.4) is 0 Å². The smallest absolute Gasteiger partial charge is 0.336 e. The summed E-state index contributed by atoms with van der Waals surface area (Å²) in [5.41, 5.74) is 0.373. The summed E-state index contributed by atoms with van der Waals surface area (Å²) >= 11 is 1.57. The van der Waals surface area contributed by atoms with Gasteiger partial charge in [0.05, 0.1) is 5.56 Å². The Morgan fingerprint density at radius 1 is 1.20 bits per heavy atom. The lowest BCUT2D eigenvalue weighted by molar-refractivity contribution is 0.0699. The zero-order valence-corrected chi connectivity index (χ0v) is 9.04. The van der Waals surface area contributed by atoms with E-state index in [9.17, 15) is 4.79 Å². The van der Waals surface area contributed by atoms with Crippen molar-refractivity contribution in [3.8, 4) is 0 Å². The molecule has 0 atom stereocenters. The first-order chi connectivity index (χ1) is 7.24. The molecule has 0 aliphatic rings. The van der Waals surface area contributed by atoms with Gasteiger partial charge in [0.25, 0.3) is 0 Å². The molecular weight excluding hydrogens is 208 g/mol. The fourth-order valence-corrected chi connectivity index (χ4v) is 2.30. The average Bonchev–Trinajstić information content (AvgIpc) is 2.27. The maximum absolute atomic E-state index is 11.1. The minimum atomic E-state index is -0.873. The number of thioether (sulfide) groups is 1. The van der Waals surface area contributed by atoms with Crippen molar-refractivity contribution in [2.45, 2.75) is 4.90 Å². The molecule has 0 unspecified atom stereocenters. The van der Waals surface area contributed by atoms with Gasteiger partial charge in [-0.1, -0.05) is 24.3 Å². The SMILES string of the molecule is CSc1cccc2cccc(C(=O)O)c12. The summed E-state index contributed by atoms with van der Waals surface area (Å²) in [5, 5.41) is 10.9. The van der Waals surface area contributed by atoms with Crippen LogP contribution in [0.4, 0.5) is 0 Å². The lowest BCUT2D eigenvalue weighted by Crippen LogP contribution is -1.97. The van der Waals surface area contributed by atoms with Crippen molar-refractivity contribution in [3.63, 3.8) is 0 Å². The largest absolute Gasteiger partial charge is 0.478 e. The van der Waals surface area contributed by atoms with E-state index in [0.717, 1.165) is 15.7 Å². The molecule has 0 aliphatic heterocycles. The molecule has 0 aliphatic carbocycles. The fraction of sp³-hybridized carbons (Fsp3) is 0.0833. The predicted octanol–water partition coefficient (Wildman–Crippen LogP) is 3.26. The van der Waals surface area contributed by atoms with Crippen LogP contribution in [0.25, 0.3) is 10.8 Å². The second-order valence-electron chi connectivity index (χ2n) is 3.17. The highest BCUT2D eigenvalue weighted by Gasteiger charge is 2.10. The molecule has 2 nitrogen and oxygen atoms in total. The number of fused-ring (bicyclic) bond motifs is 1. The van der Waals surface area contributed by atoms with E-state index >= 15 is 0 Å². The summed E-state index contributed by atoms with van der Waals surface area (Å²) in [6, 6.07) is 11.2. The third-order valence-corrected chi connectivity index (χ3v) is 3.10. The van der Waals surface area contributed by atoms with Crippen LogP contribution in [0.15, 0.2) is 41.3 Å². The minimum absolute atomic E-state index is 0.373. The minimum Gasteiger partial charge on any atom is -0.478 e. The van der Waals surface area contributed by atoms with E-state index in [1.54, 1.807) is 23.9 Å². The van der Waals surface area contributed by atoms with Crippen molar-refractivity contribution < 1.29 is 9.90 Å². The first kappa shape index (κ1) is 10.1. The van der Waals surface area contributed by atoms with Gasteiger partial charge in [0.2, 0.25) is 0 Å². The van der Waals surface area contributed by atoms with E-state index in [-0.39, 0.29) is 0 Å². The van der Waals surface area contributed by atoms with Gasteiger partial charge in [-0.2, -0.15) is 0 Å². The number of rotatable bonds is 2. The second-order valence-corrected chi connectivity index (χ2v) is 4.02. The molecule has 2 aromatic carbocycles. The molecule has 0 radical (unpaired) electrons. The Kier molecular flexibility index (Phi) is 2.64. The molecule has 0 spiro atoms. The predicted molar refractivity (Wildman–Crippen MR) is 62.7 cm³/mol. The number of hydrogen-bond acceptors (Lipinski definition) is 2. The second kappa shape index (κ2) is 3.95. The Bertz CT molecular complexity index is 515. The number of aromatic carboxylic acids is 1. The van der Waals surface area contributed by atoms with Crippen LogP contribution >= 0.6 is 11.8 Å². The van der Waals surface area contributed by atoms with Crippen LogP contribution in [-0.2, 0) is 0 Å². The van der Waals surface area contributed by atoms with Gasteiger partial charge < -0.3 is 5.11 Å². The molecule has 2 aromatic rings. The molecule has 3 heteroatoms. The van der Waals surface area contributed by atoms with Crippen molar-refractivity contribution in [2.75, 3.05) is 6.26 Å². The van der Waals surface area contributed by atoms with Crippen LogP contribution in [0, 0.1) is 0 Å². The van der Waals surface area contributed by atoms with Gasteiger partial charge in [-0.3, -0.25) is 0 Å². The van der Waals surface area contributed by atoms with Gasteiger partial charge in [-0.25, -0.2) is 4.79 Å². The molecule has 0 saturated carbocycles. The van der Waals surface area contributed by atoms with Crippen molar-refractivity contribution in [3.05, 3.63) is 42.0 Å². The molecule has 0 fully saturated rings. The summed E-state index contributed by atoms with van der Waals surface area (Å²) in [5.74, 6) is -0.873. The highest BCUT2D eigenvalue weighted by Crippen LogP contribution is 2.29. The van der Waals surface area contributed by atoms with Gasteiger partial charge >= 0.3 is 5.97 Å². The van der Waals surface area contributed by atoms with E-state index in [1.165, 1.54) is 0 Å². The molecule has 2 rings (SSSR count). The molecule has 0 amide bonds. The molecule has 0 heterocycles. The Hall–Kier alpha value is -1.48. The van der Waals surface area contributed by atoms with Crippen LogP contribution < -0.4 is 0 Å². The lowest BCUT2D eigenvalue weighted by Gasteiger charge is -2.06. The number of carboxylic acid groups (broad SMARTS) is 1. The number of carbonyl (C=O) groups is 1. The first-order valence-corrected chi connectivity index (χ1v) is 5.75. The monoisotopic (exact) mass is 218 g/mol. The summed E-state index contributed by atoms with van der Waals surface area (Å²) in [6.07, 6.45) is 1.95. The topological polar surface area (TPSA) is 37.3 Å². The third-order valence-electron chi connectivity index (χ3n) is 2.32. The molecule has 15 heavy (non-hydrogen) atoms. The highest BCUT2D eigenvalue weighted by molar-refractivity contribution is 7.98. The van der Waals surface area contributed by atoms with Crippen LogP contribution in [0.2, 0.25) is 0 Å². The maximum atomic E-state index is 11.1. The van der Waals surface area contributed by atoms with Crippen molar-refractivity contribution in [2.24, 2.45) is 0 Å². The fourth-order valence-electron chi connectivity index (χ4n) is 1.65. The molecule has 0 bridgehead atoms. The Morgan fingerprint density at radius 3 is 2.47 bits per heavy atom. The van der Waals surface area contributed by atoms with Gasteiger partial charge in [-0.05, 0) is 23.8 Å². The summed E-state index contributed by atoms with van der Waals surface area (Å²) in [6.45, 7) is 0. The summed E-state index contributed by atoms with van der Waals surface area (Å²) < 4.78 is 0. The zero-order chi connectivity index (χ0) is 10.8. The third kappa shape index (κ3) is 1.70. The molecular formula is C12H10O2S. The highest BCUT2D eigenvalue weighted by atomic mass is 32.2. The van der Waals surface area contributed by atoms with Crippen LogP contribution in [0.5, 0.6) is 0 Å². The van der Waals surface area contributed by atoms with E-state index in [2.05, 4.69) is 0 Å². The standard InChI is InChI=1S/C12H10O2S/c1-15-10-7-3-5-8-4-2-6-9(11(8)10)12(13)14/h2-7H,1H3,(H,13,14). The van der Waals surface area contributed by atoms with Crippen molar-refractivity contribution in [1.82, 2.24) is 0 Å². The average molecular weight is 218 g/mol. The molecule has 1 N–H and O–H groups in total. The van der Waals surface area contributed by atoms with Crippen molar-refractivity contribution >= 4 is 28.5 Å². The van der Waals surface area contributed by atoms with Gasteiger partial charge in [0.15, 0.2) is 0 Å². The van der Waals surface area contributed by atoms with Gasteiger partial charge in [0, 0.05) is 10.3 Å². The summed E-state index contributed by atoms with van der Waals surface area (Å²) in [4.78, 5) is 12.1. The number of hydrogen-bond donors (Lipinski definition) is 1. The van der Waals surface area contributed by atoms with Gasteiger partial charge in [0.1, 0.15) is 0 Å².